The molecule has 0 saturated carbocycles. The Morgan fingerprint density at radius 2 is 1.79 bits per heavy atom. The van der Waals surface area contributed by atoms with Crippen molar-refractivity contribution in [2.75, 3.05) is 0 Å². The van der Waals surface area contributed by atoms with E-state index in [2.05, 4.69) is 33.3 Å². The summed E-state index contributed by atoms with van der Waals surface area (Å²) in [5, 5.41) is 2.69. The summed E-state index contributed by atoms with van der Waals surface area (Å²) in [5.74, 6) is 0. The first-order valence-electron chi connectivity index (χ1n) is 7.79. The number of benzene rings is 2. The van der Waals surface area contributed by atoms with Crippen LogP contribution in [-0.2, 0) is 11.3 Å². The molecule has 0 radical (unpaired) electrons. The van der Waals surface area contributed by atoms with Crippen molar-refractivity contribution in [1.82, 2.24) is 5.27 Å². The molecule has 0 aliphatic carbocycles. The van der Waals surface area contributed by atoms with Crippen LogP contribution in [0.3, 0.4) is 0 Å². The van der Waals surface area contributed by atoms with Crippen LogP contribution in [0, 0.1) is 0 Å². The molecule has 4 rings (SSSR count). The molecule has 1 aliphatic rings. The van der Waals surface area contributed by atoms with E-state index in [9.17, 15) is 4.79 Å². The number of nitrogens with one attached hydrogen (secondary N) is 1. The first-order valence-corrected chi connectivity index (χ1v) is 8.59. The van der Waals surface area contributed by atoms with Gasteiger partial charge in [0.15, 0.2) is 12.6 Å². The quantitative estimate of drug-likeness (QED) is 0.686. The van der Waals surface area contributed by atoms with E-state index in [4.69, 9.17) is 9.26 Å². The van der Waals surface area contributed by atoms with Crippen LogP contribution in [0.4, 0.5) is 0 Å². The molecular formula is C18H16BrN2O3+. The standard InChI is InChI=1S/C18H15BrN2O3/c19-14-8-6-13(7-9-14)17-16-18(22)24-20-21(16)11-10-15(23-17)12-4-2-1-3-5-12/h1-9,15,17H,10-11H2/p+1/t15-,17-/m0/s1. The molecule has 1 aliphatic heterocycles. The number of hydrogen-bond acceptors (Lipinski definition) is 3. The average molecular weight is 388 g/mol. The van der Waals surface area contributed by atoms with Gasteiger partial charge in [-0.05, 0) is 28.5 Å². The number of fused-ring (bicyclic) bond motifs is 1. The Hall–Kier alpha value is -2.18. The van der Waals surface area contributed by atoms with Gasteiger partial charge in [-0.15, -0.1) is 0 Å². The van der Waals surface area contributed by atoms with E-state index in [0.29, 0.717) is 12.2 Å². The summed E-state index contributed by atoms with van der Waals surface area (Å²) in [6.07, 6.45) is 0.185. The molecule has 0 spiro atoms. The van der Waals surface area contributed by atoms with Crippen LogP contribution in [0.1, 0.15) is 35.4 Å². The van der Waals surface area contributed by atoms with Crippen LogP contribution in [0.25, 0.3) is 0 Å². The second-order valence-corrected chi connectivity index (χ2v) is 6.69. The van der Waals surface area contributed by atoms with E-state index in [0.717, 1.165) is 22.0 Å². The summed E-state index contributed by atoms with van der Waals surface area (Å²) in [6.45, 7) is 0.633. The minimum atomic E-state index is -0.478. The lowest BCUT2D eigenvalue weighted by atomic mass is 10.0. The maximum Gasteiger partial charge on any atom is 0.433 e. The van der Waals surface area contributed by atoms with E-state index in [1.165, 1.54) is 0 Å². The van der Waals surface area contributed by atoms with Crippen LogP contribution in [-0.4, -0.2) is 5.27 Å². The van der Waals surface area contributed by atoms with Crippen molar-refractivity contribution in [1.29, 1.82) is 0 Å². The zero-order chi connectivity index (χ0) is 16.5. The molecule has 0 bridgehead atoms. The monoisotopic (exact) mass is 387 g/mol. The number of aryl methyl sites for hydroxylation is 1. The molecule has 1 aromatic heterocycles. The number of aromatic amines is 1. The molecule has 0 amide bonds. The summed E-state index contributed by atoms with van der Waals surface area (Å²) in [7, 11) is 0. The summed E-state index contributed by atoms with van der Waals surface area (Å²) in [5.41, 5.74) is 2.13. The number of H-pyrrole nitrogens is 1. The number of halogens is 1. The molecule has 6 heteroatoms. The predicted molar refractivity (Wildman–Crippen MR) is 90.4 cm³/mol. The highest BCUT2D eigenvalue weighted by Crippen LogP contribution is 2.34. The molecule has 3 aromatic rings. The summed E-state index contributed by atoms with van der Waals surface area (Å²) < 4.78 is 14.1. The van der Waals surface area contributed by atoms with Crippen molar-refractivity contribution < 1.29 is 13.9 Å². The molecule has 1 N–H and O–H groups in total. The van der Waals surface area contributed by atoms with Crippen molar-refractivity contribution in [2.45, 2.75) is 25.2 Å². The van der Waals surface area contributed by atoms with Gasteiger partial charge in [-0.1, -0.05) is 63.1 Å². The van der Waals surface area contributed by atoms with E-state index >= 15 is 0 Å². The Labute approximate surface area is 147 Å². The minimum Gasteiger partial charge on any atom is -0.354 e. The zero-order valence-electron chi connectivity index (χ0n) is 12.8. The highest BCUT2D eigenvalue weighted by atomic mass is 79.9. The lowest BCUT2D eigenvalue weighted by molar-refractivity contribution is -0.768. The van der Waals surface area contributed by atoms with Crippen LogP contribution >= 0.6 is 15.9 Å². The third-order valence-corrected chi connectivity index (χ3v) is 4.78. The number of aromatic nitrogens is 2. The van der Waals surface area contributed by atoms with Crippen molar-refractivity contribution in [3.63, 3.8) is 0 Å². The molecule has 0 saturated heterocycles. The van der Waals surface area contributed by atoms with Gasteiger partial charge in [-0.2, -0.15) is 0 Å². The topological polar surface area (TPSA) is 59.1 Å². The van der Waals surface area contributed by atoms with Gasteiger partial charge < -0.3 is 4.74 Å². The summed E-state index contributed by atoms with van der Waals surface area (Å²) in [4.78, 5) is 12.2. The van der Waals surface area contributed by atoms with Gasteiger partial charge >= 0.3 is 11.3 Å². The predicted octanol–water partition coefficient (Wildman–Crippen LogP) is 3.27. The number of ether oxygens (including phenoxy) is 1. The normalized spacial score (nSPS) is 20.4. The van der Waals surface area contributed by atoms with Crippen molar-refractivity contribution in [2.24, 2.45) is 0 Å². The zero-order valence-corrected chi connectivity index (χ0v) is 14.4. The van der Waals surface area contributed by atoms with Crippen LogP contribution in [0.15, 0.2) is 68.4 Å². The molecule has 2 aromatic carbocycles. The van der Waals surface area contributed by atoms with Crippen LogP contribution in [0.2, 0.25) is 0 Å². The Bertz CT molecular complexity index is 887. The van der Waals surface area contributed by atoms with Gasteiger partial charge in [0.25, 0.3) is 0 Å². The molecular weight excluding hydrogens is 372 g/mol. The van der Waals surface area contributed by atoms with Gasteiger partial charge in [0.2, 0.25) is 0 Å². The molecule has 2 atom stereocenters. The molecule has 24 heavy (non-hydrogen) atoms. The smallest absolute Gasteiger partial charge is 0.354 e. The molecule has 0 unspecified atom stereocenters. The van der Waals surface area contributed by atoms with E-state index in [-0.39, 0.29) is 6.10 Å². The Morgan fingerprint density at radius 1 is 1.04 bits per heavy atom. The van der Waals surface area contributed by atoms with Crippen molar-refractivity contribution >= 4 is 15.9 Å². The second kappa shape index (κ2) is 6.37. The minimum absolute atomic E-state index is 0.0902. The van der Waals surface area contributed by atoms with Gasteiger partial charge in [0, 0.05) is 10.9 Å². The van der Waals surface area contributed by atoms with E-state index in [1.54, 1.807) is 4.68 Å². The molecule has 2 heterocycles. The lowest BCUT2D eigenvalue weighted by Gasteiger charge is -2.19. The SMILES string of the molecule is O=c1o[nH][n+]2c1[C@H](c1ccc(Br)cc1)O[C@H](c1ccccc1)CC2. The fourth-order valence-corrected chi connectivity index (χ4v) is 3.32. The Balaban J connectivity index is 1.78. The van der Waals surface area contributed by atoms with Crippen molar-refractivity contribution in [3.05, 3.63) is 86.3 Å². The highest BCUT2D eigenvalue weighted by Gasteiger charge is 2.38. The van der Waals surface area contributed by atoms with Crippen LogP contribution in [0.5, 0.6) is 0 Å². The third kappa shape index (κ3) is 2.83. The van der Waals surface area contributed by atoms with Crippen molar-refractivity contribution in [3.8, 4) is 0 Å². The Kier molecular flexibility index (Phi) is 4.08. The number of rotatable bonds is 2. The van der Waals surface area contributed by atoms with Gasteiger partial charge in [0.05, 0.1) is 6.10 Å². The van der Waals surface area contributed by atoms with E-state index < -0.39 is 11.7 Å². The third-order valence-electron chi connectivity index (χ3n) is 4.26. The Morgan fingerprint density at radius 3 is 2.54 bits per heavy atom. The fourth-order valence-electron chi connectivity index (χ4n) is 3.05. The first-order chi connectivity index (χ1) is 11.7. The lowest BCUT2D eigenvalue weighted by Crippen LogP contribution is -2.41. The fraction of sp³-hybridized carbons (Fsp3) is 0.222. The largest absolute Gasteiger partial charge is 0.433 e. The summed E-state index contributed by atoms with van der Waals surface area (Å²) >= 11 is 3.44. The van der Waals surface area contributed by atoms with Crippen LogP contribution < -0.4 is 10.3 Å². The van der Waals surface area contributed by atoms with Gasteiger partial charge in [0.1, 0.15) is 0 Å². The maximum atomic E-state index is 12.2. The molecule has 122 valence electrons. The number of nitrogens with zero attached hydrogens (tertiary/aromatic N) is 1. The molecule has 5 nitrogen and oxygen atoms in total. The first kappa shape index (κ1) is 15.4. The average Bonchev–Trinajstić information content (AvgIpc) is 2.87. The van der Waals surface area contributed by atoms with E-state index in [1.807, 2.05) is 42.5 Å². The molecule has 0 fully saturated rings. The van der Waals surface area contributed by atoms with Gasteiger partial charge in [-0.3, -0.25) is 4.52 Å². The highest BCUT2D eigenvalue weighted by molar-refractivity contribution is 9.10. The number of hydrogen-bond donors (Lipinski definition) is 1. The second-order valence-electron chi connectivity index (χ2n) is 5.77. The maximum absolute atomic E-state index is 12.2. The van der Waals surface area contributed by atoms with Gasteiger partial charge in [-0.25, -0.2) is 4.79 Å². The summed E-state index contributed by atoms with van der Waals surface area (Å²) in [6, 6.07) is 17.9.